The van der Waals surface area contributed by atoms with Crippen LogP contribution in [0.1, 0.15) is 258 Å². The lowest BCUT2D eigenvalue weighted by molar-refractivity contribution is -0.870. The molecule has 0 aromatic carbocycles. The van der Waals surface area contributed by atoms with Crippen molar-refractivity contribution < 1.29 is 42.9 Å². The van der Waals surface area contributed by atoms with Gasteiger partial charge in [0.1, 0.15) is 13.2 Å². The Kier molecular flexibility index (Phi) is 46.6. The van der Waals surface area contributed by atoms with E-state index < -0.39 is 24.3 Å². The van der Waals surface area contributed by atoms with Crippen molar-refractivity contribution in [3.05, 3.63) is 24.3 Å². The third kappa shape index (κ3) is 49.5. The molecular weight excluding hydrogens is 815 g/mol. The van der Waals surface area contributed by atoms with Crippen LogP contribution in [0.15, 0.2) is 24.3 Å². The molecule has 0 rings (SSSR count). The Morgan fingerprint density at radius 3 is 1.26 bits per heavy atom. The number of hydrogen-bond acceptors (Lipinski definition) is 7. The quantitative estimate of drug-likeness (QED) is 0.0211. The van der Waals surface area contributed by atoms with Crippen LogP contribution in [-0.2, 0) is 33.3 Å². The van der Waals surface area contributed by atoms with Crippen LogP contribution in [0, 0.1) is 0 Å². The molecule has 2 atom stereocenters. The zero-order valence-corrected chi connectivity index (χ0v) is 43.4. The second-order valence-electron chi connectivity index (χ2n) is 19.9. The van der Waals surface area contributed by atoms with E-state index in [4.69, 9.17) is 18.9 Å². The molecule has 0 heterocycles. The first-order valence-corrected chi connectivity index (χ1v) is 27.5. The van der Waals surface area contributed by atoms with Crippen LogP contribution < -0.4 is 0 Å². The van der Waals surface area contributed by atoms with Crippen molar-refractivity contribution >= 4 is 17.9 Å². The minimum Gasteiger partial charge on any atom is -0.477 e. The Hall–Kier alpha value is -2.23. The van der Waals surface area contributed by atoms with Crippen molar-refractivity contribution in [3.8, 4) is 0 Å². The van der Waals surface area contributed by atoms with E-state index in [1.165, 1.54) is 161 Å². The fourth-order valence-corrected chi connectivity index (χ4v) is 7.91. The number of unbranched alkanes of at least 4 members (excludes halogenated alkanes) is 32. The van der Waals surface area contributed by atoms with Gasteiger partial charge in [0.05, 0.1) is 34.4 Å². The largest absolute Gasteiger partial charge is 0.477 e. The normalized spacial score (nSPS) is 12.9. The van der Waals surface area contributed by atoms with Crippen molar-refractivity contribution in [1.82, 2.24) is 0 Å². The third-order valence-corrected chi connectivity index (χ3v) is 12.2. The molecule has 0 aliphatic heterocycles. The summed E-state index contributed by atoms with van der Waals surface area (Å²) in [6, 6.07) is 0. The van der Waals surface area contributed by atoms with E-state index in [2.05, 4.69) is 38.2 Å². The Bertz CT molecular complexity index is 1120. The van der Waals surface area contributed by atoms with Gasteiger partial charge in [-0.05, 0) is 38.5 Å². The highest BCUT2D eigenvalue weighted by Crippen LogP contribution is 2.17. The zero-order valence-electron chi connectivity index (χ0n) is 43.4. The summed E-state index contributed by atoms with van der Waals surface area (Å²) < 4.78 is 22.8. The topological polar surface area (TPSA) is 108 Å². The number of hydrogen-bond donors (Lipinski definition) is 1. The number of ether oxygens (including phenoxy) is 4. The summed E-state index contributed by atoms with van der Waals surface area (Å²) in [6.45, 7) is 4.85. The average molecular weight is 921 g/mol. The SMILES string of the molecule is CCCC/C=C\C/C=C\CCCCCCCC(=O)OC(COC(=O)CCCCCCCCCCCCCCCCCCCCCCCCCCCC)COC(OCC[N+](C)(C)C)C(=O)O. The highest BCUT2D eigenvalue weighted by Gasteiger charge is 2.25. The standard InChI is InChI=1S/C56H105NO8/c1-6-8-10-12-14-16-18-20-22-23-24-25-26-27-28-29-30-31-32-33-35-36-38-40-42-44-46-53(58)63-50-52(51-64-56(55(60)61)62-49-48-57(3,4)5)65-54(59)47-45-43-41-39-37-34-21-19-17-15-13-11-9-7-2/h13,15,19,21,52,56H,6-12,14,16-18,20,22-51H2,1-5H3/p+1/b15-13-,21-19-. The van der Waals surface area contributed by atoms with Crippen LogP contribution >= 0.6 is 0 Å². The summed E-state index contributed by atoms with van der Waals surface area (Å²) in [7, 11) is 5.96. The first-order valence-electron chi connectivity index (χ1n) is 27.5. The highest BCUT2D eigenvalue weighted by molar-refractivity contribution is 5.71. The third-order valence-electron chi connectivity index (χ3n) is 12.2. The molecule has 0 aliphatic carbocycles. The first-order chi connectivity index (χ1) is 31.6. The molecule has 0 aromatic heterocycles. The van der Waals surface area contributed by atoms with Crippen molar-refractivity contribution in [2.45, 2.75) is 270 Å². The molecule has 0 fully saturated rings. The highest BCUT2D eigenvalue weighted by atomic mass is 16.7. The Morgan fingerprint density at radius 1 is 0.462 bits per heavy atom. The molecule has 0 aliphatic rings. The number of quaternary nitrogens is 1. The summed E-state index contributed by atoms with van der Waals surface area (Å²) in [5.41, 5.74) is 0. The molecule has 0 aromatic rings. The minimum atomic E-state index is -1.51. The monoisotopic (exact) mass is 921 g/mol. The summed E-state index contributed by atoms with van der Waals surface area (Å²) in [6.07, 6.45) is 52.6. The van der Waals surface area contributed by atoms with Gasteiger partial charge in [0, 0.05) is 12.8 Å². The maximum Gasteiger partial charge on any atom is 0.361 e. The maximum atomic E-state index is 12.8. The zero-order chi connectivity index (χ0) is 47.7. The average Bonchev–Trinajstić information content (AvgIpc) is 3.27. The van der Waals surface area contributed by atoms with Crippen LogP contribution in [0.4, 0.5) is 0 Å². The van der Waals surface area contributed by atoms with Crippen LogP contribution in [-0.4, -0.2) is 87.4 Å². The van der Waals surface area contributed by atoms with E-state index in [1.54, 1.807) is 0 Å². The molecule has 0 saturated heterocycles. The van der Waals surface area contributed by atoms with E-state index in [-0.39, 0.29) is 32.2 Å². The van der Waals surface area contributed by atoms with E-state index in [1.807, 2.05) is 21.1 Å². The number of nitrogens with zero attached hydrogens (tertiary/aromatic N) is 1. The van der Waals surface area contributed by atoms with E-state index in [9.17, 15) is 19.5 Å². The molecule has 65 heavy (non-hydrogen) atoms. The number of allylic oxidation sites excluding steroid dienone is 4. The molecular formula is C56H106NO8+. The van der Waals surface area contributed by atoms with Gasteiger partial charge in [0.15, 0.2) is 6.10 Å². The number of likely N-dealkylation sites (N-methyl/N-ethyl adjacent to an activating group) is 1. The van der Waals surface area contributed by atoms with Crippen molar-refractivity contribution in [1.29, 1.82) is 0 Å². The van der Waals surface area contributed by atoms with Crippen molar-refractivity contribution in [2.24, 2.45) is 0 Å². The van der Waals surface area contributed by atoms with Crippen LogP contribution in [0.3, 0.4) is 0 Å². The number of carbonyl (C=O) groups excluding carboxylic acids is 2. The molecule has 0 spiro atoms. The van der Waals surface area contributed by atoms with Crippen LogP contribution in [0.25, 0.3) is 0 Å². The second-order valence-corrected chi connectivity index (χ2v) is 19.9. The van der Waals surface area contributed by atoms with Gasteiger partial charge in [0.2, 0.25) is 0 Å². The molecule has 0 bridgehead atoms. The summed E-state index contributed by atoms with van der Waals surface area (Å²) in [5.74, 6) is -2.01. The summed E-state index contributed by atoms with van der Waals surface area (Å²) in [4.78, 5) is 37.3. The Labute approximate surface area is 401 Å². The second kappa shape index (κ2) is 48.2. The van der Waals surface area contributed by atoms with Gasteiger partial charge in [-0.15, -0.1) is 0 Å². The predicted molar refractivity (Wildman–Crippen MR) is 272 cm³/mol. The molecule has 1 N–H and O–H groups in total. The molecule has 0 radical (unpaired) electrons. The molecule has 9 heteroatoms. The minimum absolute atomic E-state index is 0.183. The number of aliphatic carboxylic acids is 1. The smallest absolute Gasteiger partial charge is 0.361 e. The number of carboxylic acid groups (broad SMARTS) is 1. The fraction of sp³-hybridized carbons (Fsp3) is 0.875. The summed E-state index contributed by atoms with van der Waals surface area (Å²) >= 11 is 0. The molecule has 9 nitrogen and oxygen atoms in total. The molecule has 382 valence electrons. The lowest BCUT2D eigenvalue weighted by Gasteiger charge is -2.25. The molecule has 2 unspecified atom stereocenters. The number of carbonyl (C=O) groups is 3. The maximum absolute atomic E-state index is 12.8. The molecule has 0 amide bonds. The van der Waals surface area contributed by atoms with E-state index >= 15 is 0 Å². The number of carboxylic acids is 1. The van der Waals surface area contributed by atoms with Gasteiger partial charge in [0.25, 0.3) is 6.29 Å². The Balaban J connectivity index is 4.16. The predicted octanol–water partition coefficient (Wildman–Crippen LogP) is 15.6. The van der Waals surface area contributed by atoms with Gasteiger partial charge in [-0.2, -0.15) is 0 Å². The lowest BCUT2D eigenvalue weighted by Crippen LogP contribution is -2.40. The fourth-order valence-electron chi connectivity index (χ4n) is 7.91. The Morgan fingerprint density at radius 2 is 0.846 bits per heavy atom. The number of rotatable bonds is 51. The number of esters is 2. The van der Waals surface area contributed by atoms with Gasteiger partial charge in [-0.3, -0.25) is 9.59 Å². The van der Waals surface area contributed by atoms with Crippen molar-refractivity contribution in [3.63, 3.8) is 0 Å². The molecule has 0 saturated carbocycles. The first kappa shape index (κ1) is 62.8. The van der Waals surface area contributed by atoms with Gasteiger partial charge in [-0.25, -0.2) is 4.79 Å². The van der Waals surface area contributed by atoms with Gasteiger partial charge in [-0.1, -0.05) is 231 Å². The van der Waals surface area contributed by atoms with Crippen LogP contribution in [0.2, 0.25) is 0 Å². The van der Waals surface area contributed by atoms with E-state index in [0.717, 1.165) is 64.2 Å². The van der Waals surface area contributed by atoms with Gasteiger partial charge >= 0.3 is 17.9 Å². The lowest BCUT2D eigenvalue weighted by atomic mass is 10.0. The van der Waals surface area contributed by atoms with Gasteiger partial charge < -0.3 is 28.5 Å². The van der Waals surface area contributed by atoms with E-state index in [0.29, 0.717) is 23.9 Å². The van der Waals surface area contributed by atoms with Crippen LogP contribution in [0.5, 0.6) is 0 Å². The summed E-state index contributed by atoms with van der Waals surface area (Å²) in [5, 5.41) is 9.67. The van der Waals surface area contributed by atoms with Crippen molar-refractivity contribution in [2.75, 3.05) is 47.5 Å².